The first-order valence-electron chi connectivity index (χ1n) is 5.22. The Bertz CT molecular complexity index is 557. The van der Waals surface area contributed by atoms with Gasteiger partial charge in [0.1, 0.15) is 0 Å². The summed E-state index contributed by atoms with van der Waals surface area (Å²) in [4.78, 5) is 25.1. The average molecular weight is 308 g/mol. The van der Waals surface area contributed by atoms with E-state index in [1.807, 2.05) is 13.0 Å². The summed E-state index contributed by atoms with van der Waals surface area (Å²) in [6.45, 7) is 1.92. The Hall–Kier alpha value is -1.88. The van der Waals surface area contributed by atoms with Crippen molar-refractivity contribution in [3.63, 3.8) is 0 Å². The van der Waals surface area contributed by atoms with Gasteiger partial charge in [-0.25, -0.2) is 9.68 Å². The van der Waals surface area contributed by atoms with Gasteiger partial charge >= 0.3 is 5.97 Å². The van der Waals surface area contributed by atoms with E-state index in [2.05, 4.69) is 20.9 Å². The summed E-state index contributed by atoms with van der Waals surface area (Å²) < 4.78 is 0.966. The summed E-state index contributed by atoms with van der Waals surface area (Å²) in [5.74, 6) is -0.114. The van der Waals surface area contributed by atoms with E-state index in [0.717, 1.165) is 10.0 Å². The predicted octanol–water partition coefficient (Wildman–Crippen LogP) is 3.30. The average Bonchev–Trinajstić information content (AvgIpc) is 2.41. The summed E-state index contributed by atoms with van der Waals surface area (Å²) in [6.07, 6.45) is 2.99. The van der Waals surface area contributed by atoms with Crippen LogP contribution < -0.4 is 4.89 Å². The Morgan fingerprint density at radius 2 is 2.17 bits per heavy atom. The smallest absolute Gasteiger partial charge is 0.287 e. The van der Waals surface area contributed by atoms with Gasteiger partial charge in [0.25, 0.3) is 0 Å². The Morgan fingerprint density at radius 3 is 2.83 bits per heavy atom. The fourth-order valence-electron chi connectivity index (χ4n) is 1.29. The van der Waals surface area contributed by atoms with Gasteiger partial charge in [-0.05, 0) is 42.8 Å². The molecule has 0 radical (unpaired) electrons. The van der Waals surface area contributed by atoms with E-state index < -0.39 is 5.97 Å². The zero-order valence-electron chi connectivity index (χ0n) is 9.59. The molecule has 1 aromatic carbocycles. The number of nitrogens with zero attached hydrogens (tertiary/aromatic N) is 1. The highest BCUT2D eigenvalue weighted by Crippen LogP contribution is 2.21. The molecule has 4 nitrogen and oxygen atoms in total. The molecule has 0 aliphatic rings. The van der Waals surface area contributed by atoms with Crippen molar-refractivity contribution >= 4 is 21.9 Å². The topological polar surface area (TPSA) is 48.4 Å². The first-order valence-corrected chi connectivity index (χ1v) is 6.01. The maximum Gasteiger partial charge on any atom is 0.387 e. The molecule has 0 aliphatic carbocycles. The summed E-state index contributed by atoms with van der Waals surface area (Å²) in [5.41, 5.74) is 1.33. The van der Waals surface area contributed by atoms with E-state index in [0.29, 0.717) is 11.3 Å². The SMILES string of the molecule is Cc1cc(OOC(=O)c2cccnc2)ccc1Br. The molecule has 18 heavy (non-hydrogen) atoms. The van der Waals surface area contributed by atoms with Crippen molar-refractivity contribution in [2.24, 2.45) is 0 Å². The normalized spacial score (nSPS) is 9.89. The molecule has 0 unspecified atom stereocenters. The number of pyridine rings is 1. The molecule has 0 spiro atoms. The van der Waals surface area contributed by atoms with Gasteiger partial charge in [0.05, 0.1) is 5.56 Å². The van der Waals surface area contributed by atoms with Gasteiger partial charge in [-0.15, -0.1) is 0 Å². The number of aromatic nitrogens is 1. The van der Waals surface area contributed by atoms with Gasteiger partial charge in [-0.3, -0.25) is 9.87 Å². The molecule has 0 bridgehead atoms. The van der Waals surface area contributed by atoms with E-state index in [1.165, 1.54) is 6.20 Å². The minimum atomic E-state index is -0.580. The molecule has 0 saturated carbocycles. The van der Waals surface area contributed by atoms with Gasteiger partial charge in [0, 0.05) is 16.9 Å². The lowest BCUT2D eigenvalue weighted by Gasteiger charge is -2.05. The maximum absolute atomic E-state index is 11.6. The van der Waals surface area contributed by atoms with Gasteiger partial charge in [0.15, 0.2) is 5.75 Å². The fraction of sp³-hybridized carbons (Fsp3) is 0.0769. The first-order chi connectivity index (χ1) is 8.66. The summed E-state index contributed by atoms with van der Waals surface area (Å²) in [7, 11) is 0. The van der Waals surface area contributed by atoms with Crippen LogP contribution in [0.15, 0.2) is 47.2 Å². The third-order valence-electron chi connectivity index (χ3n) is 2.24. The molecule has 0 amide bonds. The van der Waals surface area contributed by atoms with Crippen LogP contribution in [0, 0.1) is 6.92 Å². The molecule has 0 aliphatic heterocycles. The standard InChI is InChI=1S/C13H10BrNO3/c1-9-7-11(4-5-12(9)14)17-18-13(16)10-3-2-6-15-8-10/h2-8H,1H3. The number of aryl methyl sites for hydroxylation is 1. The van der Waals surface area contributed by atoms with E-state index in [4.69, 9.17) is 9.78 Å². The van der Waals surface area contributed by atoms with E-state index in [1.54, 1.807) is 30.5 Å². The number of carbonyl (C=O) groups is 1. The zero-order valence-corrected chi connectivity index (χ0v) is 11.2. The van der Waals surface area contributed by atoms with Crippen LogP contribution in [0.2, 0.25) is 0 Å². The van der Waals surface area contributed by atoms with Crippen LogP contribution in [0.3, 0.4) is 0 Å². The second-order valence-corrected chi connectivity index (χ2v) is 4.46. The number of benzene rings is 1. The Morgan fingerprint density at radius 1 is 1.33 bits per heavy atom. The number of hydrogen-bond acceptors (Lipinski definition) is 4. The molecule has 0 saturated heterocycles. The van der Waals surface area contributed by atoms with Crippen molar-refractivity contribution in [1.29, 1.82) is 0 Å². The molecule has 2 aromatic rings. The summed E-state index contributed by atoms with van der Waals surface area (Å²) >= 11 is 3.37. The van der Waals surface area contributed by atoms with Gasteiger partial charge in [-0.1, -0.05) is 15.9 Å². The number of carbonyl (C=O) groups excluding carboxylic acids is 1. The largest absolute Gasteiger partial charge is 0.387 e. The Balaban J connectivity index is 1.99. The van der Waals surface area contributed by atoms with Crippen LogP contribution in [0.1, 0.15) is 15.9 Å². The second kappa shape index (κ2) is 5.64. The van der Waals surface area contributed by atoms with Crippen molar-refractivity contribution in [2.45, 2.75) is 6.92 Å². The number of hydrogen-bond donors (Lipinski definition) is 0. The van der Waals surface area contributed by atoms with E-state index >= 15 is 0 Å². The second-order valence-electron chi connectivity index (χ2n) is 3.61. The molecule has 92 valence electrons. The van der Waals surface area contributed by atoms with Crippen LogP contribution in [-0.4, -0.2) is 11.0 Å². The van der Waals surface area contributed by atoms with Crippen molar-refractivity contribution in [2.75, 3.05) is 0 Å². The Labute approximate surface area is 113 Å². The van der Waals surface area contributed by atoms with E-state index in [-0.39, 0.29) is 0 Å². The van der Waals surface area contributed by atoms with Crippen LogP contribution in [0.5, 0.6) is 5.75 Å². The lowest BCUT2D eigenvalue weighted by molar-refractivity contribution is -0.149. The fourth-order valence-corrected chi connectivity index (χ4v) is 1.53. The van der Waals surface area contributed by atoms with Crippen molar-refractivity contribution in [1.82, 2.24) is 4.98 Å². The summed E-state index contributed by atoms with van der Waals surface area (Å²) in [5, 5.41) is 0. The molecule has 0 fully saturated rings. The highest BCUT2D eigenvalue weighted by atomic mass is 79.9. The molecule has 2 rings (SSSR count). The quantitative estimate of drug-likeness (QED) is 0.645. The molecular formula is C13H10BrNO3. The van der Waals surface area contributed by atoms with Gasteiger partial charge < -0.3 is 0 Å². The third-order valence-corrected chi connectivity index (χ3v) is 3.13. The van der Waals surface area contributed by atoms with Gasteiger partial charge in [0.2, 0.25) is 0 Å². The lowest BCUT2D eigenvalue weighted by Crippen LogP contribution is -2.08. The van der Waals surface area contributed by atoms with Crippen LogP contribution >= 0.6 is 15.9 Å². The van der Waals surface area contributed by atoms with Crippen LogP contribution in [0.25, 0.3) is 0 Å². The first kappa shape index (κ1) is 12.6. The van der Waals surface area contributed by atoms with Crippen LogP contribution in [-0.2, 0) is 4.89 Å². The third kappa shape index (κ3) is 3.07. The molecule has 1 heterocycles. The molecule has 1 aromatic heterocycles. The number of halogens is 1. The summed E-state index contributed by atoms with van der Waals surface area (Å²) in [6, 6.07) is 8.54. The van der Waals surface area contributed by atoms with Crippen molar-refractivity contribution < 1.29 is 14.6 Å². The monoisotopic (exact) mass is 307 g/mol. The number of rotatable bonds is 3. The predicted molar refractivity (Wildman–Crippen MR) is 69.2 cm³/mol. The zero-order chi connectivity index (χ0) is 13.0. The Kier molecular flexibility index (Phi) is 3.94. The highest BCUT2D eigenvalue weighted by Gasteiger charge is 2.09. The van der Waals surface area contributed by atoms with Gasteiger partial charge in [-0.2, -0.15) is 0 Å². The lowest BCUT2D eigenvalue weighted by atomic mass is 10.2. The minimum Gasteiger partial charge on any atom is -0.287 e. The minimum absolute atomic E-state index is 0.339. The van der Waals surface area contributed by atoms with Crippen molar-refractivity contribution in [3.8, 4) is 5.75 Å². The maximum atomic E-state index is 11.6. The molecule has 0 atom stereocenters. The van der Waals surface area contributed by atoms with Crippen molar-refractivity contribution in [3.05, 3.63) is 58.3 Å². The highest BCUT2D eigenvalue weighted by molar-refractivity contribution is 9.10. The van der Waals surface area contributed by atoms with Crippen LogP contribution in [0.4, 0.5) is 0 Å². The molecular weight excluding hydrogens is 298 g/mol. The molecule has 5 heteroatoms. The molecule has 0 N–H and O–H groups in total. The van der Waals surface area contributed by atoms with E-state index in [9.17, 15) is 4.79 Å².